The molecule has 0 amide bonds. The van der Waals surface area contributed by atoms with Gasteiger partial charge in [-0.05, 0) is 36.2 Å². The molecule has 4 rings (SSSR count). The summed E-state index contributed by atoms with van der Waals surface area (Å²) >= 11 is 1.52. The molecule has 0 aliphatic carbocycles. The summed E-state index contributed by atoms with van der Waals surface area (Å²) in [4.78, 5) is 20.2. The Labute approximate surface area is 173 Å². The Kier molecular flexibility index (Phi) is 6.59. The number of nitrogens with zero attached hydrogens (tertiary/aromatic N) is 3. The maximum atomic E-state index is 13.2. The topological polar surface area (TPSA) is 47.4 Å². The minimum atomic E-state index is -0.248. The molecule has 0 bridgehead atoms. The molecule has 0 spiro atoms. The van der Waals surface area contributed by atoms with E-state index in [0.29, 0.717) is 28.4 Å². The van der Waals surface area contributed by atoms with E-state index in [1.807, 2.05) is 24.3 Å². The number of hydrogen-bond donors (Lipinski definition) is 0. The van der Waals surface area contributed by atoms with E-state index in [4.69, 9.17) is 9.72 Å². The van der Waals surface area contributed by atoms with E-state index in [-0.39, 0.29) is 11.4 Å². The van der Waals surface area contributed by atoms with Crippen molar-refractivity contribution in [3.05, 3.63) is 70.3 Å². The standard InChI is InChI=1S/C22H24FN3O2S/c23-18-8-6-17(7-9-18)16-29-22-24-20-5-2-1-4-19(20)21(27)26(22)11-3-10-25-12-14-28-15-13-25/h1-2,4-9H,3,10-16H2. The number of halogens is 1. The molecule has 2 heterocycles. The molecule has 1 aromatic heterocycles. The number of benzene rings is 2. The van der Waals surface area contributed by atoms with Crippen LogP contribution in [0.1, 0.15) is 12.0 Å². The summed E-state index contributed by atoms with van der Waals surface area (Å²) in [6.07, 6.45) is 0.879. The normalized spacial score (nSPS) is 15.1. The van der Waals surface area contributed by atoms with Crippen LogP contribution >= 0.6 is 11.8 Å². The zero-order valence-electron chi connectivity index (χ0n) is 16.2. The van der Waals surface area contributed by atoms with Crippen molar-refractivity contribution < 1.29 is 9.13 Å². The summed E-state index contributed by atoms with van der Waals surface area (Å²) in [5.74, 6) is 0.386. The summed E-state index contributed by atoms with van der Waals surface area (Å²) in [5, 5.41) is 1.35. The van der Waals surface area contributed by atoms with Gasteiger partial charge >= 0.3 is 0 Å². The molecule has 0 N–H and O–H groups in total. The maximum absolute atomic E-state index is 13.2. The zero-order valence-corrected chi connectivity index (χ0v) is 17.0. The summed E-state index contributed by atoms with van der Waals surface area (Å²) in [5.41, 5.74) is 1.71. The average molecular weight is 414 g/mol. The van der Waals surface area contributed by atoms with Crippen LogP contribution in [0, 0.1) is 5.82 Å². The smallest absolute Gasteiger partial charge is 0.262 e. The first-order chi connectivity index (χ1) is 14.2. The number of hydrogen-bond acceptors (Lipinski definition) is 5. The number of para-hydroxylation sites is 1. The molecule has 1 aliphatic rings. The minimum absolute atomic E-state index is 0.000756. The highest BCUT2D eigenvalue weighted by molar-refractivity contribution is 7.98. The second-order valence-corrected chi connectivity index (χ2v) is 8.03. The molecule has 2 aromatic carbocycles. The molecular formula is C22H24FN3O2S. The van der Waals surface area contributed by atoms with Crippen molar-refractivity contribution in [1.82, 2.24) is 14.5 Å². The van der Waals surface area contributed by atoms with Gasteiger partial charge in [-0.1, -0.05) is 36.0 Å². The number of morpholine rings is 1. The Morgan fingerprint density at radius 1 is 1.03 bits per heavy atom. The highest BCUT2D eigenvalue weighted by Gasteiger charge is 2.14. The molecule has 152 valence electrons. The van der Waals surface area contributed by atoms with Gasteiger partial charge in [-0.3, -0.25) is 14.3 Å². The van der Waals surface area contributed by atoms with Crippen LogP contribution < -0.4 is 5.56 Å². The van der Waals surface area contributed by atoms with E-state index < -0.39 is 0 Å². The van der Waals surface area contributed by atoms with Crippen LogP contribution in [0.4, 0.5) is 4.39 Å². The van der Waals surface area contributed by atoms with Crippen molar-refractivity contribution in [1.29, 1.82) is 0 Å². The van der Waals surface area contributed by atoms with Gasteiger partial charge in [0.15, 0.2) is 5.16 Å². The molecule has 1 aliphatic heterocycles. The Hall–Kier alpha value is -2.22. The minimum Gasteiger partial charge on any atom is -0.379 e. The highest BCUT2D eigenvalue weighted by Crippen LogP contribution is 2.22. The van der Waals surface area contributed by atoms with Gasteiger partial charge in [-0.25, -0.2) is 9.37 Å². The number of aromatic nitrogens is 2. The fraction of sp³-hybridized carbons (Fsp3) is 0.364. The molecule has 0 atom stereocenters. The van der Waals surface area contributed by atoms with Gasteiger partial charge in [-0.15, -0.1) is 0 Å². The van der Waals surface area contributed by atoms with Gasteiger partial charge < -0.3 is 4.74 Å². The highest BCUT2D eigenvalue weighted by atomic mass is 32.2. The van der Waals surface area contributed by atoms with Gasteiger partial charge in [-0.2, -0.15) is 0 Å². The van der Waals surface area contributed by atoms with Crippen LogP contribution in [0.15, 0.2) is 58.5 Å². The lowest BCUT2D eigenvalue weighted by Gasteiger charge is -2.26. The summed E-state index contributed by atoms with van der Waals surface area (Å²) in [6, 6.07) is 13.9. The zero-order chi connectivity index (χ0) is 20.1. The van der Waals surface area contributed by atoms with Crippen molar-refractivity contribution in [2.75, 3.05) is 32.8 Å². The Balaban J connectivity index is 1.54. The SMILES string of the molecule is O=c1c2ccccc2nc(SCc2ccc(F)cc2)n1CCCN1CCOCC1. The van der Waals surface area contributed by atoms with Gasteiger partial charge in [0.05, 0.1) is 24.1 Å². The monoisotopic (exact) mass is 413 g/mol. The fourth-order valence-corrected chi connectivity index (χ4v) is 4.44. The quantitative estimate of drug-likeness (QED) is 0.438. The van der Waals surface area contributed by atoms with Crippen molar-refractivity contribution in [3.8, 4) is 0 Å². The summed E-state index contributed by atoms with van der Waals surface area (Å²) < 4.78 is 20.3. The third-order valence-corrected chi connectivity index (χ3v) is 6.12. The molecule has 0 radical (unpaired) electrons. The van der Waals surface area contributed by atoms with E-state index in [9.17, 15) is 9.18 Å². The van der Waals surface area contributed by atoms with Gasteiger partial charge in [0, 0.05) is 31.9 Å². The summed E-state index contributed by atoms with van der Waals surface area (Å²) in [7, 11) is 0. The van der Waals surface area contributed by atoms with Crippen LogP contribution in [0.5, 0.6) is 0 Å². The fourth-order valence-electron chi connectivity index (χ4n) is 3.46. The Morgan fingerprint density at radius 2 is 1.79 bits per heavy atom. The largest absolute Gasteiger partial charge is 0.379 e. The average Bonchev–Trinajstić information content (AvgIpc) is 2.76. The third-order valence-electron chi connectivity index (χ3n) is 5.07. The van der Waals surface area contributed by atoms with E-state index in [1.54, 1.807) is 16.7 Å². The van der Waals surface area contributed by atoms with Gasteiger partial charge in [0.25, 0.3) is 5.56 Å². The van der Waals surface area contributed by atoms with Crippen molar-refractivity contribution in [2.24, 2.45) is 0 Å². The number of ether oxygens (including phenoxy) is 1. The van der Waals surface area contributed by atoms with Crippen molar-refractivity contribution >= 4 is 22.7 Å². The lowest BCUT2D eigenvalue weighted by molar-refractivity contribution is 0.0368. The van der Waals surface area contributed by atoms with Crippen molar-refractivity contribution in [3.63, 3.8) is 0 Å². The molecule has 0 unspecified atom stereocenters. The van der Waals surface area contributed by atoms with Gasteiger partial charge in [0.2, 0.25) is 0 Å². The molecule has 0 saturated carbocycles. The van der Waals surface area contributed by atoms with E-state index in [1.165, 1.54) is 23.9 Å². The second-order valence-electron chi connectivity index (χ2n) is 7.09. The number of fused-ring (bicyclic) bond motifs is 1. The van der Waals surface area contributed by atoms with Crippen molar-refractivity contribution in [2.45, 2.75) is 23.9 Å². The van der Waals surface area contributed by atoms with Crippen LogP contribution in [-0.4, -0.2) is 47.3 Å². The molecule has 5 nitrogen and oxygen atoms in total. The maximum Gasteiger partial charge on any atom is 0.262 e. The third kappa shape index (κ3) is 5.04. The molecule has 1 saturated heterocycles. The van der Waals surface area contributed by atoms with E-state index in [2.05, 4.69) is 4.90 Å². The molecule has 29 heavy (non-hydrogen) atoms. The van der Waals surface area contributed by atoms with E-state index >= 15 is 0 Å². The molecule has 1 fully saturated rings. The van der Waals surface area contributed by atoms with Crippen LogP contribution in [-0.2, 0) is 17.0 Å². The first-order valence-electron chi connectivity index (χ1n) is 9.87. The molecule has 3 aromatic rings. The van der Waals surface area contributed by atoms with Crippen LogP contribution in [0.2, 0.25) is 0 Å². The molecular weight excluding hydrogens is 389 g/mol. The van der Waals surface area contributed by atoms with E-state index in [0.717, 1.165) is 44.8 Å². The first-order valence-corrected chi connectivity index (χ1v) is 10.9. The van der Waals surface area contributed by atoms with Crippen LogP contribution in [0.3, 0.4) is 0 Å². The Bertz CT molecular complexity index is 1020. The summed E-state index contributed by atoms with van der Waals surface area (Å²) in [6.45, 7) is 4.99. The predicted molar refractivity (Wildman–Crippen MR) is 114 cm³/mol. The molecule has 7 heteroatoms. The number of rotatable bonds is 7. The Morgan fingerprint density at radius 3 is 2.59 bits per heavy atom. The lowest BCUT2D eigenvalue weighted by atomic mass is 10.2. The predicted octanol–water partition coefficient (Wildman–Crippen LogP) is 3.55. The van der Waals surface area contributed by atoms with Crippen LogP contribution in [0.25, 0.3) is 10.9 Å². The number of thioether (sulfide) groups is 1. The van der Waals surface area contributed by atoms with Gasteiger partial charge in [0.1, 0.15) is 5.82 Å². The second kappa shape index (κ2) is 9.52. The lowest BCUT2D eigenvalue weighted by Crippen LogP contribution is -2.37. The first kappa shape index (κ1) is 20.1.